The van der Waals surface area contributed by atoms with Gasteiger partial charge in [-0.15, -0.1) is 11.3 Å². The van der Waals surface area contributed by atoms with Crippen molar-refractivity contribution in [2.75, 3.05) is 13.7 Å². The van der Waals surface area contributed by atoms with Gasteiger partial charge in [0.05, 0.1) is 11.6 Å². The van der Waals surface area contributed by atoms with Crippen molar-refractivity contribution < 1.29 is 4.74 Å². The molecule has 0 saturated carbocycles. The lowest BCUT2D eigenvalue weighted by Crippen LogP contribution is -2.23. The van der Waals surface area contributed by atoms with E-state index in [1.807, 2.05) is 0 Å². The SMILES string of the molecule is COc1sc(CNCC(C)C(C)C)cc1Br. The number of methoxy groups -OCH3 is 1. The van der Waals surface area contributed by atoms with Crippen LogP contribution in [-0.2, 0) is 6.54 Å². The summed E-state index contributed by atoms with van der Waals surface area (Å²) < 4.78 is 6.28. The van der Waals surface area contributed by atoms with Gasteiger partial charge in [0.15, 0.2) is 5.06 Å². The molecule has 16 heavy (non-hydrogen) atoms. The van der Waals surface area contributed by atoms with Gasteiger partial charge in [-0.25, -0.2) is 0 Å². The monoisotopic (exact) mass is 305 g/mol. The Kier molecular flexibility index (Phi) is 5.79. The van der Waals surface area contributed by atoms with E-state index in [4.69, 9.17) is 4.74 Å². The maximum atomic E-state index is 5.24. The normalized spacial score (nSPS) is 13.1. The molecule has 2 nitrogen and oxygen atoms in total. The number of thiophene rings is 1. The maximum absolute atomic E-state index is 5.24. The van der Waals surface area contributed by atoms with Crippen molar-refractivity contribution in [1.29, 1.82) is 0 Å². The van der Waals surface area contributed by atoms with Crippen molar-refractivity contribution in [3.8, 4) is 5.06 Å². The molecule has 1 rings (SSSR count). The molecule has 0 aliphatic carbocycles. The highest BCUT2D eigenvalue weighted by Gasteiger charge is 2.09. The minimum atomic E-state index is 0.713. The molecule has 0 aromatic carbocycles. The molecular formula is C12H20BrNOS. The van der Waals surface area contributed by atoms with Gasteiger partial charge in [-0.1, -0.05) is 20.8 Å². The highest BCUT2D eigenvalue weighted by molar-refractivity contribution is 9.10. The molecule has 0 bridgehead atoms. The second kappa shape index (κ2) is 6.62. The van der Waals surface area contributed by atoms with Crippen LogP contribution in [0, 0.1) is 11.8 Å². The van der Waals surface area contributed by atoms with E-state index >= 15 is 0 Å². The number of hydrogen-bond acceptors (Lipinski definition) is 3. The fourth-order valence-electron chi connectivity index (χ4n) is 1.28. The van der Waals surface area contributed by atoms with Gasteiger partial charge in [-0.2, -0.15) is 0 Å². The molecule has 0 radical (unpaired) electrons. The zero-order valence-electron chi connectivity index (χ0n) is 10.3. The third-order valence-corrected chi connectivity index (χ3v) is 4.74. The Morgan fingerprint density at radius 3 is 2.62 bits per heavy atom. The summed E-state index contributed by atoms with van der Waals surface area (Å²) in [4.78, 5) is 1.31. The number of hydrogen-bond donors (Lipinski definition) is 1. The van der Waals surface area contributed by atoms with E-state index < -0.39 is 0 Å². The van der Waals surface area contributed by atoms with Gasteiger partial charge in [-0.05, 0) is 40.4 Å². The highest BCUT2D eigenvalue weighted by atomic mass is 79.9. The fraction of sp³-hybridized carbons (Fsp3) is 0.667. The van der Waals surface area contributed by atoms with Crippen LogP contribution >= 0.6 is 27.3 Å². The fourth-order valence-corrected chi connectivity index (χ4v) is 2.94. The lowest BCUT2D eigenvalue weighted by atomic mass is 9.98. The average molecular weight is 306 g/mol. The van der Waals surface area contributed by atoms with Crippen molar-refractivity contribution in [3.63, 3.8) is 0 Å². The first-order chi connectivity index (χ1) is 7.54. The van der Waals surface area contributed by atoms with Gasteiger partial charge >= 0.3 is 0 Å². The van der Waals surface area contributed by atoms with E-state index in [1.165, 1.54) is 4.88 Å². The molecule has 1 aromatic rings. The number of rotatable bonds is 6. The Bertz CT molecular complexity index is 325. The van der Waals surface area contributed by atoms with E-state index in [-0.39, 0.29) is 0 Å². The molecule has 1 N–H and O–H groups in total. The van der Waals surface area contributed by atoms with E-state index in [0.29, 0.717) is 5.92 Å². The third kappa shape index (κ3) is 4.07. The largest absolute Gasteiger partial charge is 0.486 e. The smallest absolute Gasteiger partial charge is 0.188 e. The molecule has 0 spiro atoms. The molecule has 1 unspecified atom stereocenters. The highest BCUT2D eigenvalue weighted by Crippen LogP contribution is 2.34. The first-order valence-corrected chi connectivity index (χ1v) is 7.18. The van der Waals surface area contributed by atoms with Crippen LogP contribution in [0.4, 0.5) is 0 Å². The van der Waals surface area contributed by atoms with E-state index in [9.17, 15) is 0 Å². The molecule has 0 saturated heterocycles. The summed E-state index contributed by atoms with van der Waals surface area (Å²) in [6.45, 7) is 8.79. The van der Waals surface area contributed by atoms with Gasteiger partial charge < -0.3 is 10.1 Å². The maximum Gasteiger partial charge on any atom is 0.188 e. The predicted octanol–water partition coefficient (Wildman–Crippen LogP) is 3.90. The summed E-state index contributed by atoms with van der Waals surface area (Å²) in [5, 5.41) is 4.43. The Morgan fingerprint density at radius 2 is 2.12 bits per heavy atom. The van der Waals surface area contributed by atoms with Crippen LogP contribution in [0.15, 0.2) is 10.5 Å². The Labute approximate surface area is 111 Å². The van der Waals surface area contributed by atoms with Crippen molar-refractivity contribution in [1.82, 2.24) is 5.32 Å². The summed E-state index contributed by atoms with van der Waals surface area (Å²) in [6.07, 6.45) is 0. The summed E-state index contributed by atoms with van der Waals surface area (Å²) in [6, 6.07) is 2.12. The minimum Gasteiger partial charge on any atom is -0.486 e. The Balaban J connectivity index is 2.37. The topological polar surface area (TPSA) is 21.3 Å². The molecule has 4 heteroatoms. The molecule has 0 aliphatic heterocycles. The van der Waals surface area contributed by atoms with Gasteiger partial charge in [0.25, 0.3) is 0 Å². The van der Waals surface area contributed by atoms with Gasteiger partial charge in [0, 0.05) is 11.4 Å². The molecule has 1 aromatic heterocycles. The van der Waals surface area contributed by atoms with Crippen LogP contribution in [0.2, 0.25) is 0 Å². The van der Waals surface area contributed by atoms with E-state index in [2.05, 4.69) is 48.1 Å². The van der Waals surface area contributed by atoms with Crippen LogP contribution < -0.4 is 10.1 Å². The molecular weight excluding hydrogens is 286 g/mol. The number of halogens is 1. The van der Waals surface area contributed by atoms with Gasteiger partial charge in [-0.3, -0.25) is 0 Å². The molecule has 1 atom stereocenters. The lowest BCUT2D eigenvalue weighted by molar-refractivity contribution is 0.393. The van der Waals surface area contributed by atoms with Crippen LogP contribution in [0.1, 0.15) is 25.6 Å². The summed E-state index contributed by atoms with van der Waals surface area (Å²) in [5.74, 6) is 1.45. The minimum absolute atomic E-state index is 0.713. The standard InChI is InChI=1S/C12H20BrNOS/c1-8(2)9(3)6-14-7-10-5-11(13)12(15-4)16-10/h5,8-9,14H,6-7H2,1-4H3. The first kappa shape index (κ1) is 14.0. The lowest BCUT2D eigenvalue weighted by Gasteiger charge is -2.15. The summed E-state index contributed by atoms with van der Waals surface area (Å²) in [7, 11) is 1.70. The van der Waals surface area contributed by atoms with Crippen LogP contribution in [0.5, 0.6) is 5.06 Å². The predicted molar refractivity (Wildman–Crippen MR) is 74.3 cm³/mol. The molecule has 0 amide bonds. The molecule has 0 fully saturated rings. The molecule has 92 valence electrons. The summed E-state index contributed by atoms with van der Waals surface area (Å²) in [5.41, 5.74) is 0. The quantitative estimate of drug-likeness (QED) is 0.860. The average Bonchev–Trinajstić information content (AvgIpc) is 2.58. The first-order valence-electron chi connectivity index (χ1n) is 5.57. The Morgan fingerprint density at radius 1 is 1.44 bits per heavy atom. The Hall–Kier alpha value is -0.0600. The molecule has 1 heterocycles. The zero-order valence-corrected chi connectivity index (χ0v) is 12.7. The van der Waals surface area contributed by atoms with Gasteiger partial charge in [0.1, 0.15) is 0 Å². The summed E-state index contributed by atoms with van der Waals surface area (Å²) >= 11 is 5.17. The number of nitrogens with one attached hydrogen (secondary N) is 1. The van der Waals surface area contributed by atoms with Crippen molar-refractivity contribution in [2.24, 2.45) is 11.8 Å². The van der Waals surface area contributed by atoms with E-state index in [0.717, 1.165) is 28.5 Å². The van der Waals surface area contributed by atoms with Crippen LogP contribution in [0.3, 0.4) is 0 Å². The number of ether oxygens (including phenoxy) is 1. The second-order valence-electron chi connectivity index (χ2n) is 4.40. The van der Waals surface area contributed by atoms with Crippen molar-refractivity contribution in [2.45, 2.75) is 27.3 Å². The second-order valence-corrected chi connectivity index (χ2v) is 6.36. The van der Waals surface area contributed by atoms with Crippen LogP contribution in [0.25, 0.3) is 0 Å². The van der Waals surface area contributed by atoms with Gasteiger partial charge in [0.2, 0.25) is 0 Å². The van der Waals surface area contributed by atoms with Crippen molar-refractivity contribution in [3.05, 3.63) is 15.4 Å². The van der Waals surface area contributed by atoms with Crippen LogP contribution in [-0.4, -0.2) is 13.7 Å². The molecule has 0 aliphatic rings. The van der Waals surface area contributed by atoms with Crippen molar-refractivity contribution >= 4 is 27.3 Å². The van der Waals surface area contributed by atoms with E-state index in [1.54, 1.807) is 18.4 Å². The third-order valence-electron chi connectivity index (χ3n) is 2.80. The zero-order chi connectivity index (χ0) is 12.1.